The average molecular weight is 466 g/mol. The Hall–Kier alpha value is -3.66. The van der Waals surface area contributed by atoms with Gasteiger partial charge in [-0.15, -0.1) is 5.10 Å². The monoisotopic (exact) mass is 465 g/mol. The molecule has 1 fully saturated rings. The van der Waals surface area contributed by atoms with Crippen molar-refractivity contribution in [3.05, 3.63) is 60.0 Å². The lowest BCUT2D eigenvalue weighted by molar-refractivity contribution is 0.0880. The summed E-state index contributed by atoms with van der Waals surface area (Å²) in [6, 6.07) is 13.1. The molecule has 8 nitrogen and oxygen atoms in total. The van der Waals surface area contributed by atoms with Crippen LogP contribution in [-0.4, -0.2) is 49.4 Å². The second kappa shape index (κ2) is 8.94. The molecule has 2 N–H and O–H groups in total. The number of rotatable bonds is 6. The lowest BCUT2D eigenvalue weighted by Crippen LogP contribution is -2.25. The van der Waals surface area contributed by atoms with Crippen LogP contribution in [0, 0.1) is 12.8 Å². The number of aromatic nitrogens is 5. The van der Waals surface area contributed by atoms with Crippen LogP contribution in [0.2, 0.25) is 0 Å². The molecule has 0 bridgehead atoms. The smallest absolute Gasteiger partial charge is 0.243 e. The summed E-state index contributed by atoms with van der Waals surface area (Å²) in [4.78, 5) is 11.1. The van der Waals surface area contributed by atoms with Crippen molar-refractivity contribution in [1.29, 1.82) is 0 Å². The number of nitrogens with zero attached hydrogens (tertiary/aromatic N) is 6. The van der Waals surface area contributed by atoms with E-state index in [2.05, 4.69) is 20.5 Å². The van der Waals surface area contributed by atoms with E-state index in [1.54, 1.807) is 25.4 Å². The van der Waals surface area contributed by atoms with E-state index in [1.807, 2.05) is 46.7 Å². The first kappa shape index (κ1) is 22.1. The molecule has 0 amide bonds. The molecule has 10 heteroatoms. The molecule has 0 radical (unpaired) electrons. The Balaban J connectivity index is 1.46. The third-order valence-corrected chi connectivity index (χ3v) is 6.09. The molecule has 34 heavy (non-hydrogen) atoms. The Morgan fingerprint density at radius 3 is 2.68 bits per heavy atom. The number of anilines is 3. The van der Waals surface area contributed by atoms with Crippen LogP contribution in [0.4, 0.5) is 26.1 Å². The first-order valence-corrected chi connectivity index (χ1v) is 11.2. The standard InChI is InChI=1S/C24H25F2N7O/c1-14-3-7-21(31-30-14)28-17-4-6-20-19(11-17)27-13-33(20)22-8-5-18(15(2)34)24(29-22)32-10-9-16(12-32)23(25)26/h3-8,11,13,15-16,23,34H,9-10,12H2,1-2H3,(H,28,31). The topological polar surface area (TPSA) is 92.0 Å². The highest BCUT2D eigenvalue weighted by atomic mass is 19.3. The van der Waals surface area contributed by atoms with Crippen LogP contribution in [0.5, 0.6) is 0 Å². The summed E-state index contributed by atoms with van der Waals surface area (Å²) in [5, 5.41) is 21.6. The molecule has 4 heterocycles. The third-order valence-electron chi connectivity index (χ3n) is 6.09. The predicted octanol–water partition coefficient (Wildman–Crippen LogP) is 4.41. The van der Waals surface area contributed by atoms with Crippen molar-refractivity contribution < 1.29 is 13.9 Å². The van der Waals surface area contributed by atoms with Gasteiger partial charge in [-0.3, -0.25) is 4.57 Å². The molecule has 2 atom stereocenters. The highest BCUT2D eigenvalue weighted by molar-refractivity contribution is 5.82. The van der Waals surface area contributed by atoms with E-state index in [0.717, 1.165) is 22.4 Å². The van der Waals surface area contributed by atoms with E-state index in [-0.39, 0.29) is 6.54 Å². The van der Waals surface area contributed by atoms with Crippen molar-refractivity contribution in [1.82, 2.24) is 24.7 Å². The molecule has 1 aliphatic rings. The summed E-state index contributed by atoms with van der Waals surface area (Å²) in [6.45, 7) is 4.23. The maximum absolute atomic E-state index is 13.2. The summed E-state index contributed by atoms with van der Waals surface area (Å²) in [5.74, 6) is 1.09. The minimum Gasteiger partial charge on any atom is -0.389 e. The molecule has 1 aromatic carbocycles. The van der Waals surface area contributed by atoms with Crippen LogP contribution < -0.4 is 10.2 Å². The number of hydrogen-bond acceptors (Lipinski definition) is 7. The van der Waals surface area contributed by atoms with Crippen molar-refractivity contribution in [2.24, 2.45) is 5.92 Å². The summed E-state index contributed by atoms with van der Waals surface area (Å²) in [7, 11) is 0. The number of imidazole rings is 1. The zero-order chi connectivity index (χ0) is 23.8. The summed E-state index contributed by atoms with van der Waals surface area (Å²) in [5.41, 5.74) is 3.88. The summed E-state index contributed by atoms with van der Waals surface area (Å²) in [6.07, 6.45) is -1.05. The SMILES string of the molecule is Cc1ccc(Nc2ccc3c(c2)ncn3-c2ccc(C(C)O)c(N3CCC(C(F)F)C3)n2)nn1. The van der Waals surface area contributed by atoms with Gasteiger partial charge in [0.15, 0.2) is 5.82 Å². The molecule has 0 spiro atoms. The van der Waals surface area contributed by atoms with Crippen LogP contribution in [-0.2, 0) is 0 Å². The highest BCUT2D eigenvalue weighted by Gasteiger charge is 2.32. The number of aryl methyl sites for hydroxylation is 1. The molecule has 0 aliphatic carbocycles. The Bertz CT molecular complexity index is 1310. The van der Waals surface area contributed by atoms with Crippen molar-refractivity contribution in [3.63, 3.8) is 0 Å². The Kier molecular flexibility index (Phi) is 5.82. The van der Waals surface area contributed by atoms with E-state index >= 15 is 0 Å². The quantitative estimate of drug-likeness (QED) is 0.436. The van der Waals surface area contributed by atoms with Gasteiger partial charge in [-0.1, -0.05) is 0 Å². The molecular weight excluding hydrogens is 440 g/mol. The number of benzene rings is 1. The van der Waals surface area contributed by atoms with E-state index in [0.29, 0.717) is 36.0 Å². The van der Waals surface area contributed by atoms with Gasteiger partial charge < -0.3 is 15.3 Å². The number of hydrogen-bond donors (Lipinski definition) is 2. The fourth-order valence-corrected chi connectivity index (χ4v) is 4.23. The molecule has 1 aliphatic heterocycles. The first-order valence-electron chi connectivity index (χ1n) is 11.2. The highest BCUT2D eigenvalue weighted by Crippen LogP contribution is 2.33. The van der Waals surface area contributed by atoms with Gasteiger partial charge in [-0.25, -0.2) is 18.7 Å². The van der Waals surface area contributed by atoms with Gasteiger partial charge in [0.25, 0.3) is 0 Å². The van der Waals surface area contributed by atoms with E-state index in [9.17, 15) is 13.9 Å². The molecular formula is C24H25F2N7O. The molecule has 3 aromatic heterocycles. The van der Waals surface area contributed by atoms with Gasteiger partial charge in [-0.2, -0.15) is 5.10 Å². The van der Waals surface area contributed by atoms with Gasteiger partial charge in [-0.05, 0) is 62.7 Å². The summed E-state index contributed by atoms with van der Waals surface area (Å²) < 4.78 is 28.3. The zero-order valence-corrected chi connectivity index (χ0v) is 18.9. The number of aliphatic hydroxyl groups is 1. The van der Waals surface area contributed by atoms with Gasteiger partial charge in [0.2, 0.25) is 6.43 Å². The molecule has 2 unspecified atom stereocenters. The van der Waals surface area contributed by atoms with E-state index < -0.39 is 18.4 Å². The van der Waals surface area contributed by atoms with E-state index in [4.69, 9.17) is 4.98 Å². The van der Waals surface area contributed by atoms with Crippen molar-refractivity contribution in [3.8, 4) is 5.82 Å². The Morgan fingerprint density at radius 2 is 1.97 bits per heavy atom. The maximum atomic E-state index is 13.2. The van der Waals surface area contributed by atoms with Crippen molar-refractivity contribution >= 4 is 28.4 Å². The van der Waals surface area contributed by atoms with Crippen molar-refractivity contribution in [2.75, 3.05) is 23.3 Å². The van der Waals surface area contributed by atoms with Gasteiger partial charge >= 0.3 is 0 Å². The van der Waals surface area contributed by atoms with Crippen LogP contribution in [0.1, 0.15) is 30.7 Å². The molecule has 5 rings (SSSR count). The van der Waals surface area contributed by atoms with Crippen molar-refractivity contribution in [2.45, 2.75) is 32.8 Å². The largest absolute Gasteiger partial charge is 0.389 e. The van der Waals surface area contributed by atoms with Gasteiger partial charge in [0, 0.05) is 30.3 Å². The van der Waals surface area contributed by atoms with Gasteiger partial charge in [0.1, 0.15) is 18.0 Å². The lowest BCUT2D eigenvalue weighted by Gasteiger charge is -2.23. The fraction of sp³-hybridized carbons (Fsp3) is 0.333. The lowest BCUT2D eigenvalue weighted by atomic mass is 10.1. The second-order valence-corrected chi connectivity index (χ2v) is 8.59. The maximum Gasteiger partial charge on any atom is 0.243 e. The molecule has 0 saturated carbocycles. The third kappa shape index (κ3) is 4.28. The second-order valence-electron chi connectivity index (χ2n) is 8.59. The average Bonchev–Trinajstić information content (AvgIpc) is 3.48. The fourth-order valence-electron chi connectivity index (χ4n) is 4.23. The molecule has 1 saturated heterocycles. The number of alkyl halides is 2. The number of pyridine rings is 1. The number of fused-ring (bicyclic) bond motifs is 1. The molecule has 176 valence electrons. The Labute approximate surface area is 195 Å². The van der Waals surface area contributed by atoms with Gasteiger partial charge in [0.05, 0.1) is 22.8 Å². The molecule has 4 aromatic rings. The van der Waals surface area contributed by atoms with Crippen LogP contribution in [0.15, 0.2) is 48.8 Å². The zero-order valence-electron chi connectivity index (χ0n) is 18.9. The minimum absolute atomic E-state index is 0.218. The minimum atomic E-state index is -2.37. The van der Waals surface area contributed by atoms with Crippen LogP contribution in [0.3, 0.4) is 0 Å². The number of halogens is 2. The first-order chi connectivity index (χ1) is 16.4. The van der Waals surface area contributed by atoms with Crippen LogP contribution in [0.25, 0.3) is 16.9 Å². The predicted molar refractivity (Wildman–Crippen MR) is 126 cm³/mol. The number of aliphatic hydroxyl groups excluding tert-OH is 1. The summed E-state index contributed by atoms with van der Waals surface area (Å²) >= 11 is 0. The normalized spacial score (nSPS) is 17.0. The van der Waals surface area contributed by atoms with E-state index in [1.165, 1.54) is 0 Å². The number of nitrogens with one attached hydrogen (secondary N) is 1. The Morgan fingerprint density at radius 1 is 1.12 bits per heavy atom. The van der Waals surface area contributed by atoms with Crippen LogP contribution >= 0.6 is 0 Å².